The molecule has 0 bridgehead atoms. The summed E-state index contributed by atoms with van der Waals surface area (Å²) in [5.74, 6) is -0.302. The van der Waals surface area contributed by atoms with Crippen molar-refractivity contribution in [1.29, 1.82) is 0 Å². The Morgan fingerprint density at radius 2 is 1.87 bits per heavy atom. The highest BCUT2D eigenvalue weighted by Crippen LogP contribution is 2.26. The van der Waals surface area contributed by atoms with Crippen LogP contribution in [0.3, 0.4) is 0 Å². The van der Waals surface area contributed by atoms with E-state index in [9.17, 15) is 8.78 Å². The predicted octanol–water partition coefficient (Wildman–Crippen LogP) is 4.30. The van der Waals surface area contributed by atoms with Gasteiger partial charge in [0.25, 0.3) is 0 Å². The fourth-order valence-electron chi connectivity index (χ4n) is 4.24. The molecule has 2 aliphatic heterocycles. The molecular weight excluding hydrogens is 531 g/mol. The number of nitrogens with zero attached hydrogens (tertiary/aromatic N) is 3. The normalized spacial score (nSPS) is 20.0. The van der Waals surface area contributed by atoms with Crippen molar-refractivity contribution in [1.82, 2.24) is 10.6 Å². The van der Waals surface area contributed by atoms with Gasteiger partial charge in [-0.15, -0.1) is 35.3 Å². The molecule has 170 valence electrons. The molecule has 0 radical (unpaired) electrons. The number of aliphatic imine (C=N–C) groups is 1. The Kier molecular flexibility index (Phi) is 8.76. The number of piperidine rings is 1. The lowest BCUT2D eigenvalue weighted by atomic mass is 10.1. The van der Waals surface area contributed by atoms with Gasteiger partial charge in [0.05, 0.1) is 5.00 Å². The van der Waals surface area contributed by atoms with Crippen LogP contribution in [0, 0.1) is 17.6 Å². The van der Waals surface area contributed by atoms with Crippen molar-refractivity contribution in [2.75, 3.05) is 49.6 Å². The van der Waals surface area contributed by atoms with Crippen molar-refractivity contribution in [3.63, 3.8) is 0 Å². The summed E-state index contributed by atoms with van der Waals surface area (Å²) < 4.78 is 26.7. The molecule has 31 heavy (non-hydrogen) atoms. The number of halogens is 3. The van der Waals surface area contributed by atoms with E-state index in [0.717, 1.165) is 63.6 Å². The monoisotopic (exact) mass is 561 g/mol. The van der Waals surface area contributed by atoms with Crippen LogP contribution in [0.1, 0.15) is 19.3 Å². The number of hydrogen-bond donors (Lipinski definition) is 2. The SMILES string of the molecule is CN=C(NCC1CCN(c2ccc(F)c(F)c2)C1)NC1CCN(c2cccs2)CC1.I. The van der Waals surface area contributed by atoms with Crippen molar-refractivity contribution >= 4 is 52.0 Å². The molecule has 1 atom stereocenters. The van der Waals surface area contributed by atoms with E-state index in [1.54, 1.807) is 24.5 Å². The lowest BCUT2D eigenvalue weighted by Gasteiger charge is -2.33. The highest BCUT2D eigenvalue weighted by Gasteiger charge is 2.25. The molecule has 4 rings (SSSR count). The third-order valence-electron chi connectivity index (χ3n) is 5.99. The summed E-state index contributed by atoms with van der Waals surface area (Å²) in [6.45, 7) is 4.61. The molecule has 5 nitrogen and oxygen atoms in total. The minimum atomic E-state index is -0.799. The molecule has 0 saturated carbocycles. The molecule has 0 amide bonds. The number of anilines is 2. The lowest BCUT2D eigenvalue weighted by Crippen LogP contribution is -2.49. The first-order valence-corrected chi connectivity index (χ1v) is 11.5. The van der Waals surface area contributed by atoms with E-state index in [1.807, 2.05) is 0 Å². The summed E-state index contributed by atoms with van der Waals surface area (Å²) in [5, 5.41) is 10.5. The average Bonchev–Trinajstić information content (AvgIpc) is 3.46. The van der Waals surface area contributed by atoms with Crippen molar-refractivity contribution in [3.05, 3.63) is 47.3 Å². The van der Waals surface area contributed by atoms with Gasteiger partial charge in [0.2, 0.25) is 0 Å². The van der Waals surface area contributed by atoms with E-state index in [2.05, 4.69) is 42.9 Å². The van der Waals surface area contributed by atoms with Crippen LogP contribution in [0.4, 0.5) is 19.5 Å². The molecule has 1 aromatic heterocycles. The fourth-order valence-corrected chi connectivity index (χ4v) is 5.02. The first-order valence-electron chi connectivity index (χ1n) is 10.6. The van der Waals surface area contributed by atoms with Crippen LogP contribution in [-0.4, -0.2) is 51.8 Å². The molecule has 0 spiro atoms. The van der Waals surface area contributed by atoms with Crippen LogP contribution in [0.15, 0.2) is 40.7 Å². The van der Waals surface area contributed by atoms with Gasteiger partial charge in [0.1, 0.15) is 0 Å². The molecule has 2 N–H and O–H groups in total. The Labute approximate surface area is 203 Å². The van der Waals surface area contributed by atoms with Crippen LogP contribution < -0.4 is 20.4 Å². The molecule has 2 aliphatic rings. The lowest BCUT2D eigenvalue weighted by molar-refractivity contribution is 0.459. The second-order valence-electron chi connectivity index (χ2n) is 8.01. The van der Waals surface area contributed by atoms with Gasteiger partial charge in [0.15, 0.2) is 17.6 Å². The summed E-state index contributed by atoms with van der Waals surface area (Å²) >= 11 is 1.80. The van der Waals surface area contributed by atoms with Crippen LogP contribution >= 0.6 is 35.3 Å². The van der Waals surface area contributed by atoms with Crippen molar-refractivity contribution < 1.29 is 8.78 Å². The third kappa shape index (κ3) is 6.21. The smallest absolute Gasteiger partial charge is 0.191 e. The van der Waals surface area contributed by atoms with Crippen LogP contribution in [0.2, 0.25) is 0 Å². The van der Waals surface area contributed by atoms with E-state index in [1.165, 1.54) is 17.1 Å². The second kappa shape index (κ2) is 11.3. The van der Waals surface area contributed by atoms with Crippen molar-refractivity contribution in [3.8, 4) is 0 Å². The third-order valence-corrected chi connectivity index (χ3v) is 6.92. The van der Waals surface area contributed by atoms with Gasteiger partial charge in [-0.1, -0.05) is 0 Å². The van der Waals surface area contributed by atoms with Gasteiger partial charge < -0.3 is 20.4 Å². The highest BCUT2D eigenvalue weighted by atomic mass is 127. The molecule has 2 aromatic rings. The van der Waals surface area contributed by atoms with Crippen molar-refractivity contribution in [2.45, 2.75) is 25.3 Å². The number of benzene rings is 1. The van der Waals surface area contributed by atoms with Gasteiger partial charge in [-0.25, -0.2) is 8.78 Å². The summed E-state index contributed by atoms with van der Waals surface area (Å²) in [6, 6.07) is 8.85. The molecule has 2 fully saturated rings. The Bertz CT molecular complexity index is 856. The number of guanidine groups is 1. The molecule has 2 saturated heterocycles. The topological polar surface area (TPSA) is 42.9 Å². The van der Waals surface area contributed by atoms with Gasteiger partial charge in [-0.3, -0.25) is 4.99 Å². The van der Waals surface area contributed by atoms with Gasteiger partial charge >= 0.3 is 0 Å². The standard InChI is InChI=1S/C22H29F2N5S.HI/c1-25-22(27-17-7-10-28(11-8-17)21-3-2-12-30-21)26-14-16-6-9-29(15-16)18-4-5-19(23)20(24)13-18;/h2-5,12-13,16-17H,6-11,14-15H2,1H3,(H2,25,26,27);1H. The van der Waals surface area contributed by atoms with E-state index < -0.39 is 11.6 Å². The average molecular weight is 561 g/mol. The largest absolute Gasteiger partial charge is 0.371 e. The summed E-state index contributed by atoms with van der Waals surface area (Å²) in [6.07, 6.45) is 3.19. The first-order chi connectivity index (χ1) is 14.6. The molecule has 0 aliphatic carbocycles. The maximum absolute atomic E-state index is 13.5. The summed E-state index contributed by atoms with van der Waals surface area (Å²) in [4.78, 5) is 8.95. The van der Waals surface area contributed by atoms with Crippen LogP contribution in [0.5, 0.6) is 0 Å². The number of nitrogens with one attached hydrogen (secondary N) is 2. The van der Waals surface area contributed by atoms with Gasteiger partial charge in [0, 0.05) is 57.6 Å². The maximum Gasteiger partial charge on any atom is 0.191 e. The quantitative estimate of drug-likeness (QED) is 0.325. The van der Waals surface area contributed by atoms with Crippen molar-refractivity contribution in [2.24, 2.45) is 10.9 Å². The Morgan fingerprint density at radius 3 is 2.55 bits per heavy atom. The maximum atomic E-state index is 13.5. The highest BCUT2D eigenvalue weighted by molar-refractivity contribution is 14.0. The van der Waals surface area contributed by atoms with Gasteiger partial charge in [-0.2, -0.15) is 0 Å². The zero-order chi connectivity index (χ0) is 20.9. The van der Waals surface area contributed by atoms with E-state index >= 15 is 0 Å². The molecular formula is C22H30F2IN5S. The molecule has 1 aromatic carbocycles. The van der Waals surface area contributed by atoms with Gasteiger partial charge in [-0.05, 0) is 54.8 Å². The second-order valence-corrected chi connectivity index (χ2v) is 8.94. The summed E-state index contributed by atoms with van der Waals surface area (Å²) in [7, 11) is 1.80. The zero-order valence-electron chi connectivity index (χ0n) is 17.7. The molecule has 3 heterocycles. The Morgan fingerprint density at radius 1 is 1.10 bits per heavy atom. The molecule has 1 unspecified atom stereocenters. The van der Waals surface area contributed by atoms with Crippen LogP contribution in [0.25, 0.3) is 0 Å². The number of rotatable bonds is 5. The molecule has 9 heteroatoms. The fraction of sp³-hybridized carbons (Fsp3) is 0.500. The van der Waals surface area contributed by atoms with Crippen LogP contribution in [-0.2, 0) is 0 Å². The zero-order valence-corrected chi connectivity index (χ0v) is 20.8. The minimum Gasteiger partial charge on any atom is -0.371 e. The Hall–Kier alpha value is -1.62. The number of thiophene rings is 1. The first kappa shape index (κ1) is 24.0. The van der Waals surface area contributed by atoms with E-state index in [-0.39, 0.29) is 24.0 Å². The summed E-state index contributed by atoms with van der Waals surface area (Å²) in [5.41, 5.74) is 0.747. The van der Waals surface area contributed by atoms with E-state index in [0.29, 0.717) is 12.0 Å². The number of hydrogen-bond acceptors (Lipinski definition) is 4. The minimum absolute atomic E-state index is 0. The Balaban J connectivity index is 0.00000272. The predicted molar refractivity (Wildman–Crippen MR) is 136 cm³/mol. The van der Waals surface area contributed by atoms with E-state index in [4.69, 9.17) is 0 Å².